The first-order valence-electron chi connectivity index (χ1n) is 9.58. The second-order valence-corrected chi connectivity index (χ2v) is 8.87. The van der Waals surface area contributed by atoms with Gasteiger partial charge in [-0.05, 0) is 49.9 Å². The number of rotatable bonds is 5. The highest BCUT2D eigenvalue weighted by Gasteiger charge is 2.35. The molecule has 2 fully saturated rings. The molecule has 1 saturated carbocycles. The number of hydrogen-bond donors (Lipinski definition) is 3. The van der Waals surface area contributed by atoms with Crippen LogP contribution >= 0.6 is 0 Å². The average molecular weight is 341 g/mol. The average Bonchev–Trinajstić information content (AvgIpc) is 2.83. The molecule has 0 aromatic heterocycles. The van der Waals surface area contributed by atoms with Crippen molar-refractivity contribution in [2.45, 2.75) is 71.8 Å². The van der Waals surface area contributed by atoms with Crippen LogP contribution in [0.15, 0.2) is 0 Å². The molecule has 2 aliphatic rings. The highest BCUT2D eigenvalue weighted by atomic mass is 16.5. The van der Waals surface area contributed by atoms with Crippen molar-refractivity contribution in [3.63, 3.8) is 0 Å². The number of aliphatic hydroxyl groups excluding tert-OH is 1. The van der Waals surface area contributed by atoms with Crippen molar-refractivity contribution in [2.75, 3.05) is 26.4 Å². The number of carbonyl (C=O) groups is 1. The van der Waals surface area contributed by atoms with Crippen molar-refractivity contribution < 1.29 is 14.6 Å². The van der Waals surface area contributed by atoms with Crippen molar-refractivity contribution >= 4 is 6.03 Å². The summed E-state index contributed by atoms with van der Waals surface area (Å²) in [5.74, 6) is 0.746. The Labute approximate surface area is 146 Å². The standard InChI is InChI=1S/C19H36N2O3/c1-18(2,3)15-5-4-6-16(8-7-15)21-17(23)20-13-19(9-11-22)10-12-24-14-19/h15-16,22H,4-14H2,1-3H3,(H2,20,21,23)/t15-,16+,19+/m1/s1. The predicted octanol–water partition coefficient (Wildman–Crippen LogP) is 3.07. The molecule has 1 heterocycles. The molecule has 0 spiro atoms. The van der Waals surface area contributed by atoms with Gasteiger partial charge in [0.1, 0.15) is 0 Å². The van der Waals surface area contributed by atoms with E-state index in [0.717, 1.165) is 31.8 Å². The number of carbonyl (C=O) groups excluding carboxylic acids is 1. The minimum absolute atomic E-state index is 0.0709. The third kappa shape index (κ3) is 5.62. The molecule has 24 heavy (non-hydrogen) atoms. The van der Waals surface area contributed by atoms with Gasteiger partial charge in [0.25, 0.3) is 0 Å². The zero-order valence-electron chi connectivity index (χ0n) is 15.7. The van der Waals surface area contributed by atoms with Crippen molar-refractivity contribution in [1.29, 1.82) is 0 Å². The summed E-state index contributed by atoms with van der Waals surface area (Å²) in [6.45, 7) is 9.04. The lowest BCUT2D eigenvalue weighted by atomic mass is 9.76. The highest BCUT2D eigenvalue weighted by Crippen LogP contribution is 2.36. The van der Waals surface area contributed by atoms with Gasteiger partial charge in [0.2, 0.25) is 0 Å². The monoisotopic (exact) mass is 340 g/mol. The van der Waals surface area contributed by atoms with Gasteiger partial charge < -0.3 is 20.5 Å². The Morgan fingerprint density at radius 1 is 1.25 bits per heavy atom. The van der Waals surface area contributed by atoms with E-state index in [2.05, 4.69) is 31.4 Å². The lowest BCUT2D eigenvalue weighted by molar-refractivity contribution is 0.125. The fourth-order valence-electron chi connectivity index (χ4n) is 4.13. The van der Waals surface area contributed by atoms with Crippen molar-refractivity contribution in [1.82, 2.24) is 10.6 Å². The maximum Gasteiger partial charge on any atom is 0.315 e. The molecule has 3 N–H and O–H groups in total. The van der Waals surface area contributed by atoms with Crippen molar-refractivity contribution in [2.24, 2.45) is 16.7 Å². The third-order valence-electron chi connectivity index (χ3n) is 5.98. The fraction of sp³-hybridized carbons (Fsp3) is 0.947. The van der Waals surface area contributed by atoms with Crippen LogP contribution in [0.3, 0.4) is 0 Å². The molecule has 1 aliphatic heterocycles. The highest BCUT2D eigenvalue weighted by molar-refractivity contribution is 5.74. The zero-order valence-corrected chi connectivity index (χ0v) is 15.7. The summed E-state index contributed by atoms with van der Waals surface area (Å²) in [5.41, 5.74) is 0.267. The van der Waals surface area contributed by atoms with Gasteiger partial charge in [0.15, 0.2) is 0 Å². The van der Waals surface area contributed by atoms with Crippen LogP contribution in [0.25, 0.3) is 0 Å². The van der Waals surface area contributed by atoms with Crippen LogP contribution in [0.4, 0.5) is 4.79 Å². The molecular formula is C19H36N2O3. The van der Waals surface area contributed by atoms with E-state index in [0.29, 0.717) is 25.0 Å². The van der Waals surface area contributed by atoms with E-state index >= 15 is 0 Å². The third-order valence-corrected chi connectivity index (χ3v) is 5.98. The number of amides is 2. The molecule has 0 bridgehead atoms. The summed E-state index contributed by atoms with van der Waals surface area (Å²) in [6, 6.07) is 0.212. The summed E-state index contributed by atoms with van der Waals surface area (Å²) in [5, 5.41) is 15.4. The molecule has 1 saturated heterocycles. The number of ether oxygens (including phenoxy) is 1. The predicted molar refractivity (Wildman–Crippen MR) is 95.9 cm³/mol. The molecule has 1 aliphatic carbocycles. The summed E-state index contributed by atoms with van der Waals surface area (Å²) in [4.78, 5) is 12.3. The molecule has 140 valence electrons. The SMILES string of the molecule is CC(C)(C)[C@@H]1CCC[C@H](NC(=O)NC[C@]2(CCO)CCOC2)CC1. The molecule has 2 rings (SSSR count). The second-order valence-electron chi connectivity index (χ2n) is 8.87. The molecule has 5 heteroatoms. The Bertz CT molecular complexity index is 400. The molecule has 0 unspecified atom stereocenters. The normalized spacial score (nSPS) is 31.5. The Balaban J connectivity index is 1.76. The first-order valence-corrected chi connectivity index (χ1v) is 9.58. The molecule has 3 atom stereocenters. The molecular weight excluding hydrogens is 304 g/mol. The van der Waals surface area contributed by atoms with E-state index in [9.17, 15) is 9.90 Å². The maximum absolute atomic E-state index is 12.3. The van der Waals surface area contributed by atoms with Crippen molar-refractivity contribution in [3.8, 4) is 0 Å². The van der Waals surface area contributed by atoms with Crippen molar-refractivity contribution in [3.05, 3.63) is 0 Å². The summed E-state index contributed by atoms with van der Waals surface area (Å²) < 4.78 is 5.47. The zero-order chi connectivity index (χ0) is 17.6. The number of hydrogen-bond acceptors (Lipinski definition) is 3. The minimum atomic E-state index is -0.0904. The van der Waals surface area contributed by atoms with Gasteiger partial charge in [-0.1, -0.05) is 27.2 Å². The largest absolute Gasteiger partial charge is 0.396 e. The molecule has 5 nitrogen and oxygen atoms in total. The van der Waals surface area contributed by atoms with Crippen LogP contribution in [0.5, 0.6) is 0 Å². The summed E-state index contributed by atoms with van der Waals surface area (Å²) >= 11 is 0. The van der Waals surface area contributed by atoms with E-state index < -0.39 is 0 Å². The van der Waals surface area contributed by atoms with Gasteiger partial charge in [-0.3, -0.25) is 0 Å². The molecule has 2 amide bonds. The van der Waals surface area contributed by atoms with E-state index in [-0.39, 0.29) is 24.1 Å². The Kier molecular flexibility index (Phi) is 6.93. The Morgan fingerprint density at radius 2 is 2.04 bits per heavy atom. The first kappa shape index (κ1) is 19.5. The van der Waals surface area contributed by atoms with Crippen LogP contribution < -0.4 is 10.6 Å². The molecule has 0 aromatic rings. The van der Waals surface area contributed by atoms with Gasteiger partial charge in [0, 0.05) is 31.2 Å². The maximum atomic E-state index is 12.3. The number of urea groups is 1. The number of aliphatic hydroxyl groups is 1. The topological polar surface area (TPSA) is 70.6 Å². The molecule has 0 aromatic carbocycles. The van der Waals surface area contributed by atoms with Crippen LogP contribution in [0, 0.1) is 16.7 Å². The van der Waals surface area contributed by atoms with E-state index in [4.69, 9.17) is 4.74 Å². The van der Waals surface area contributed by atoms with E-state index in [1.165, 1.54) is 19.3 Å². The lowest BCUT2D eigenvalue weighted by Crippen LogP contribution is -2.46. The van der Waals surface area contributed by atoms with E-state index in [1.54, 1.807) is 0 Å². The van der Waals surface area contributed by atoms with Gasteiger partial charge in [-0.25, -0.2) is 4.79 Å². The first-order chi connectivity index (χ1) is 11.3. The Hall–Kier alpha value is -0.810. The van der Waals surface area contributed by atoms with Gasteiger partial charge in [0.05, 0.1) is 6.61 Å². The van der Waals surface area contributed by atoms with Crippen LogP contribution in [0.1, 0.15) is 65.7 Å². The lowest BCUT2D eigenvalue weighted by Gasteiger charge is -2.30. The summed E-state index contributed by atoms with van der Waals surface area (Å²) in [7, 11) is 0. The van der Waals surface area contributed by atoms with Gasteiger partial charge in [-0.2, -0.15) is 0 Å². The number of nitrogens with one attached hydrogen (secondary N) is 2. The molecule has 0 radical (unpaired) electrons. The van der Waals surface area contributed by atoms with Gasteiger partial charge in [-0.15, -0.1) is 0 Å². The van der Waals surface area contributed by atoms with Crippen LogP contribution in [-0.2, 0) is 4.74 Å². The fourth-order valence-corrected chi connectivity index (χ4v) is 4.13. The minimum Gasteiger partial charge on any atom is -0.396 e. The second kappa shape index (κ2) is 8.52. The summed E-state index contributed by atoms with van der Waals surface area (Å²) in [6.07, 6.45) is 7.38. The Morgan fingerprint density at radius 3 is 2.67 bits per heavy atom. The van der Waals surface area contributed by atoms with Gasteiger partial charge >= 0.3 is 6.03 Å². The van der Waals surface area contributed by atoms with E-state index in [1.807, 2.05) is 0 Å². The smallest absolute Gasteiger partial charge is 0.315 e. The van der Waals surface area contributed by atoms with Crippen LogP contribution in [0.2, 0.25) is 0 Å². The van der Waals surface area contributed by atoms with Crippen LogP contribution in [-0.4, -0.2) is 43.5 Å². The quantitative estimate of drug-likeness (QED) is 0.674.